The number of carbonyl (C=O) groups excluding carboxylic acids is 1. The van der Waals surface area contributed by atoms with Crippen molar-refractivity contribution in [3.63, 3.8) is 0 Å². The molecule has 0 amide bonds. The van der Waals surface area contributed by atoms with Crippen LogP contribution in [0.3, 0.4) is 0 Å². The van der Waals surface area contributed by atoms with Gasteiger partial charge in [0.1, 0.15) is 36.4 Å². The highest BCUT2D eigenvalue weighted by atomic mass is 32.1. The molecule has 5 rings (SSSR count). The van der Waals surface area contributed by atoms with Crippen LogP contribution in [0.15, 0.2) is 53.2 Å². The normalized spacial score (nSPS) is 13.4. The predicted molar refractivity (Wildman–Crippen MR) is 126 cm³/mol. The molecule has 4 bridgehead atoms. The van der Waals surface area contributed by atoms with Crippen molar-refractivity contribution in [2.24, 2.45) is 0 Å². The van der Waals surface area contributed by atoms with Crippen LogP contribution in [0.4, 0.5) is 0 Å². The van der Waals surface area contributed by atoms with Crippen LogP contribution in [-0.2, 0) is 31.2 Å². The molecule has 0 radical (unpaired) electrons. The third-order valence-electron chi connectivity index (χ3n) is 4.87. The maximum atomic E-state index is 12.0. The Morgan fingerprint density at radius 2 is 1.29 bits per heavy atom. The van der Waals surface area contributed by atoms with Gasteiger partial charge in [0.2, 0.25) is 0 Å². The van der Waals surface area contributed by atoms with E-state index in [0.29, 0.717) is 41.8 Å². The van der Waals surface area contributed by atoms with Gasteiger partial charge in [-0.05, 0) is 30.3 Å². The molecule has 8 nitrogen and oxygen atoms in total. The van der Waals surface area contributed by atoms with Crippen LogP contribution < -0.4 is 18.9 Å². The number of ether oxygens (including phenoxy) is 5. The number of carbonyl (C=O) groups is 1. The van der Waals surface area contributed by atoms with Gasteiger partial charge in [0.05, 0.1) is 24.1 Å². The summed E-state index contributed by atoms with van der Waals surface area (Å²) in [6, 6.07) is 12.5. The Bertz CT molecular complexity index is 1300. The molecule has 3 heterocycles. The highest BCUT2D eigenvalue weighted by Crippen LogP contribution is 2.32. The minimum atomic E-state index is -0.455. The highest BCUT2D eigenvalue weighted by molar-refractivity contribution is 7.09. The van der Waals surface area contributed by atoms with E-state index in [0.717, 1.165) is 21.4 Å². The molecule has 2 aromatic heterocycles. The van der Waals surface area contributed by atoms with E-state index in [4.69, 9.17) is 23.7 Å². The van der Waals surface area contributed by atoms with Gasteiger partial charge in [0, 0.05) is 10.8 Å². The molecule has 0 saturated heterocycles. The van der Waals surface area contributed by atoms with Gasteiger partial charge in [-0.15, -0.1) is 22.7 Å². The van der Waals surface area contributed by atoms with Gasteiger partial charge >= 0.3 is 5.97 Å². The van der Waals surface area contributed by atoms with Crippen molar-refractivity contribution >= 4 is 28.6 Å². The molecule has 0 unspecified atom stereocenters. The number of benzene rings is 2. The molecule has 4 aromatic rings. The number of hydrogen-bond donors (Lipinski definition) is 0. The first-order valence-electron chi connectivity index (χ1n) is 10.4. The summed E-state index contributed by atoms with van der Waals surface area (Å²) in [4.78, 5) is 21.2. The third kappa shape index (κ3) is 5.13. The zero-order valence-electron chi connectivity index (χ0n) is 18.2. The van der Waals surface area contributed by atoms with Gasteiger partial charge in [-0.3, -0.25) is 0 Å². The number of fused-ring (bicyclic) bond motifs is 6. The molecule has 174 valence electrons. The number of aromatic nitrogens is 2. The maximum absolute atomic E-state index is 12.0. The quantitative estimate of drug-likeness (QED) is 0.340. The monoisotopic (exact) mass is 496 g/mol. The molecule has 0 aliphatic carbocycles. The minimum absolute atomic E-state index is 0.206. The van der Waals surface area contributed by atoms with E-state index in [1.54, 1.807) is 18.2 Å². The van der Waals surface area contributed by atoms with Crippen LogP contribution in [-0.4, -0.2) is 23.0 Å². The van der Waals surface area contributed by atoms with E-state index >= 15 is 0 Å². The van der Waals surface area contributed by atoms with Crippen LogP contribution in [0, 0.1) is 0 Å². The second kappa shape index (κ2) is 10.1. The van der Waals surface area contributed by atoms with E-state index in [1.165, 1.54) is 29.8 Å². The Hall–Kier alpha value is -3.63. The SMILES string of the molecule is COC(=O)c1ccc2c(c1)OCc1csc(n1)COc1ccccc1OCc1nc(cs1)CO2. The molecule has 34 heavy (non-hydrogen) atoms. The first-order valence-corrected chi connectivity index (χ1v) is 12.1. The predicted octanol–water partition coefficient (Wildman–Crippen LogP) is 5.02. The van der Waals surface area contributed by atoms with Crippen molar-refractivity contribution in [2.75, 3.05) is 7.11 Å². The smallest absolute Gasteiger partial charge is 0.337 e. The fourth-order valence-electron chi connectivity index (χ4n) is 3.22. The molecule has 0 atom stereocenters. The standard InChI is InChI=1S/C24H20N2O6S2/c1-28-24(27)15-6-7-20-21(8-15)30-10-17-14-34-23(26-17)12-32-19-5-3-2-4-18(19)31-11-22-25-16(9-29-20)13-33-22/h2-8,13-14H,9-12H2,1H3. The van der Waals surface area contributed by atoms with Gasteiger partial charge in [-0.2, -0.15) is 0 Å². The molecular formula is C24H20N2O6S2. The van der Waals surface area contributed by atoms with Crippen LogP contribution in [0.25, 0.3) is 0 Å². The van der Waals surface area contributed by atoms with Crippen molar-refractivity contribution in [1.29, 1.82) is 0 Å². The summed E-state index contributed by atoms with van der Waals surface area (Å²) >= 11 is 2.97. The van der Waals surface area contributed by atoms with Gasteiger partial charge in [-0.1, -0.05) is 12.1 Å². The van der Waals surface area contributed by atoms with Crippen molar-refractivity contribution in [2.45, 2.75) is 26.4 Å². The lowest BCUT2D eigenvalue weighted by molar-refractivity contribution is 0.0600. The van der Waals surface area contributed by atoms with Gasteiger partial charge in [0.25, 0.3) is 0 Å². The molecule has 0 fully saturated rings. The lowest BCUT2D eigenvalue weighted by atomic mass is 10.2. The van der Waals surface area contributed by atoms with E-state index in [2.05, 4.69) is 9.97 Å². The third-order valence-corrected chi connectivity index (χ3v) is 6.61. The number of methoxy groups -OCH3 is 1. The van der Waals surface area contributed by atoms with Crippen LogP contribution in [0.2, 0.25) is 0 Å². The first-order chi connectivity index (χ1) is 16.7. The lowest BCUT2D eigenvalue weighted by Crippen LogP contribution is -2.06. The zero-order chi connectivity index (χ0) is 23.3. The van der Waals surface area contributed by atoms with Crippen molar-refractivity contribution in [1.82, 2.24) is 9.97 Å². The summed E-state index contributed by atoms with van der Waals surface area (Å²) in [5, 5.41) is 5.46. The van der Waals surface area contributed by atoms with Crippen molar-refractivity contribution in [3.05, 3.63) is 80.2 Å². The molecular weight excluding hydrogens is 476 g/mol. The Balaban J connectivity index is 1.44. The first kappa shape index (κ1) is 22.2. The number of rotatable bonds is 1. The largest absolute Gasteiger partial charge is 0.483 e. The number of hydrogen-bond acceptors (Lipinski definition) is 10. The van der Waals surface area contributed by atoms with E-state index < -0.39 is 5.97 Å². The maximum Gasteiger partial charge on any atom is 0.337 e. The number of nitrogens with zero attached hydrogens (tertiary/aromatic N) is 2. The van der Waals surface area contributed by atoms with Crippen LogP contribution in [0.5, 0.6) is 23.0 Å². The molecule has 1 aliphatic rings. The number of esters is 1. The Morgan fingerprint density at radius 3 is 1.88 bits per heavy atom. The average molecular weight is 497 g/mol. The highest BCUT2D eigenvalue weighted by Gasteiger charge is 2.15. The Labute approximate surface area is 203 Å². The summed E-state index contributed by atoms with van der Waals surface area (Å²) in [6.45, 7) is 1.07. The lowest BCUT2D eigenvalue weighted by Gasteiger charge is -2.13. The topological polar surface area (TPSA) is 89.0 Å². The number of thiazole rings is 2. The molecule has 0 spiro atoms. The van der Waals surface area contributed by atoms with E-state index in [1.807, 2.05) is 35.0 Å². The Kier molecular flexibility index (Phi) is 6.59. The Morgan fingerprint density at radius 1 is 0.765 bits per heavy atom. The second-order valence-electron chi connectivity index (χ2n) is 7.22. The minimum Gasteiger partial charge on any atom is -0.483 e. The number of para-hydroxylation sites is 2. The van der Waals surface area contributed by atoms with Gasteiger partial charge in [-0.25, -0.2) is 14.8 Å². The van der Waals surface area contributed by atoms with Crippen molar-refractivity contribution in [3.8, 4) is 23.0 Å². The fourth-order valence-corrected chi connectivity index (χ4v) is 4.60. The van der Waals surface area contributed by atoms with E-state index in [9.17, 15) is 4.79 Å². The molecule has 10 heteroatoms. The summed E-state index contributed by atoms with van der Waals surface area (Å²) in [6.07, 6.45) is 0. The molecule has 0 N–H and O–H groups in total. The summed E-state index contributed by atoms with van der Waals surface area (Å²) in [7, 11) is 1.34. The summed E-state index contributed by atoms with van der Waals surface area (Å²) < 4.78 is 28.7. The summed E-state index contributed by atoms with van der Waals surface area (Å²) in [5.74, 6) is 1.74. The second-order valence-corrected chi connectivity index (χ2v) is 9.11. The average Bonchev–Trinajstić information content (AvgIpc) is 3.52. The van der Waals surface area contributed by atoms with Crippen LogP contribution >= 0.6 is 22.7 Å². The summed E-state index contributed by atoms with van der Waals surface area (Å²) in [5.41, 5.74) is 1.88. The van der Waals surface area contributed by atoms with Gasteiger partial charge in [0.15, 0.2) is 23.0 Å². The molecule has 1 aliphatic heterocycles. The zero-order valence-corrected chi connectivity index (χ0v) is 19.8. The van der Waals surface area contributed by atoms with E-state index in [-0.39, 0.29) is 13.2 Å². The fraction of sp³-hybridized carbons (Fsp3) is 0.208. The van der Waals surface area contributed by atoms with Crippen molar-refractivity contribution < 1.29 is 28.5 Å². The molecule has 2 aromatic carbocycles. The molecule has 0 saturated carbocycles. The van der Waals surface area contributed by atoms with Crippen LogP contribution in [0.1, 0.15) is 31.8 Å². The van der Waals surface area contributed by atoms with Gasteiger partial charge < -0.3 is 23.7 Å².